The Kier molecular flexibility index (Phi) is 2.82. The molecule has 0 saturated heterocycles. The van der Waals surface area contributed by atoms with Gasteiger partial charge in [0.15, 0.2) is 0 Å². The van der Waals surface area contributed by atoms with Crippen LogP contribution in [0.5, 0.6) is 0 Å². The molecule has 0 spiro atoms. The summed E-state index contributed by atoms with van der Waals surface area (Å²) in [7, 11) is 0. The normalized spacial score (nSPS) is 16.0. The molecular formula is C16H15N5O. The van der Waals surface area contributed by atoms with Crippen molar-refractivity contribution in [3.8, 4) is 11.4 Å². The number of H-pyrrole nitrogens is 1. The van der Waals surface area contributed by atoms with Crippen molar-refractivity contribution >= 4 is 11.6 Å². The first-order valence-corrected chi connectivity index (χ1v) is 7.19. The van der Waals surface area contributed by atoms with Crippen molar-refractivity contribution in [3.63, 3.8) is 0 Å². The second kappa shape index (κ2) is 4.84. The predicted octanol–water partition coefficient (Wildman–Crippen LogP) is 2.64. The Hall–Kier alpha value is -2.89. The van der Waals surface area contributed by atoms with E-state index in [1.54, 1.807) is 30.9 Å². The smallest absolute Gasteiger partial charge is 0.258 e. The average molecular weight is 293 g/mol. The Morgan fingerprint density at radius 2 is 2.36 bits per heavy atom. The summed E-state index contributed by atoms with van der Waals surface area (Å²) in [6.07, 6.45) is 9.65. The van der Waals surface area contributed by atoms with Crippen LogP contribution in [0.25, 0.3) is 11.4 Å². The van der Waals surface area contributed by atoms with Crippen molar-refractivity contribution in [2.24, 2.45) is 0 Å². The van der Waals surface area contributed by atoms with E-state index in [0.29, 0.717) is 17.3 Å². The molecule has 0 aromatic carbocycles. The number of hydrogen-bond donors (Lipinski definition) is 2. The van der Waals surface area contributed by atoms with E-state index < -0.39 is 0 Å². The van der Waals surface area contributed by atoms with Gasteiger partial charge in [0.25, 0.3) is 5.91 Å². The Morgan fingerprint density at radius 1 is 1.45 bits per heavy atom. The third-order valence-electron chi connectivity index (χ3n) is 3.99. The molecule has 4 heterocycles. The quantitative estimate of drug-likeness (QED) is 0.762. The van der Waals surface area contributed by atoms with Gasteiger partial charge in [-0.3, -0.25) is 9.78 Å². The molecule has 1 amide bonds. The van der Waals surface area contributed by atoms with E-state index >= 15 is 0 Å². The van der Waals surface area contributed by atoms with Gasteiger partial charge in [0.1, 0.15) is 5.82 Å². The first-order valence-electron chi connectivity index (χ1n) is 7.19. The molecule has 0 bridgehead atoms. The van der Waals surface area contributed by atoms with Gasteiger partial charge in [0, 0.05) is 42.9 Å². The van der Waals surface area contributed by atoms with E-state index in [4.69, 9.17) is 0 Å². The van der Waals surface area contributed by atoms with Gasteiger partial charge in [-0.1, -0.05) is 0 Å². The van der Waals surface area contributed by atoms with Crippen LogP contribution in [0.4, 0.5) is 5.69 Å². The first kappa shape index (κ1) is 12.8. The van der Waals surface area contributed by atoms with Gasteiger partial charge >= 0.3 is 0 Å². The summed E-state index contributed by atoms with van der Waals surface area (Å²) in [6.45, 7) is 2.14. The highest BCUT2D eigenvalue weighted by molar-refractivity contribution is 6.08. The van der Waals surface area contributed by atoms with Crippen LogP contribution in [0.2, 0.25) is 0 Å². The second-order valence-corrected chi connectivity index (χ2v) is 5.46. The minimum atomic E-state index is -0.158. The second-order valence-electron chi connectivity index (χ2n) is 5.46. The van der Waals surface area contributed by atoms with Crippen molar-refractivity contribution in [1.29, 1.82) is 0 Å². The Labute approximate surface area is 127 Å². The fraction of sp³-hybridized carbons (Fsp3) is 0.188. The minimum absolute atomic E-state index is 0.158. The zero-order valence-corrected chi connectivity index (χ0v) is 12.1. The number of pyridine rings is 1. The summed E-state index contributed by atoms with van der Waals surface area (Å²) in [6, 6.07) is 3.93. The van der Waals surface area contributed by atoms with E-state index in [9.17, 15) is 4.79 Å². The molecule has 2 N–H and O–H groups in total. The standard InChI is InChI=1S/C16H15N5O/c1-10-7-13-14(15-18-5-6-21(10)15)12(9-19-13)16(22)20-11-3-2-4-17-8-11/h2-6,8-10,19H,7H2,1H3,(H,20,22). The molecular weight excluding hydrogens is 278 g/mol. The lowest BCUT2D eigenvalue weighted by Gasteiger charge is -2.22. The third-order valence-corrected chi connectivity index (χ3v) is 3.99. The lowest BCUT2D eigenvalue weighted by atomic mass is 10.0. The molecule has 3 aromatic rings. The van der Waals surface area contributed by atoms with E-state index in [1.165, 1.54) is 0 Å². The van der Waals surface area contributed by atoms with Crippen LogP contribution in [-0.4, -0.2) is 25.4 Å². The molecule has 0 radical (unpaired) electrons. The number of nitrogens with one attached hydrogen (secondary N) is 2. The lowest BCUT2D eigenvalue weighted by Crippen LogP contribution is -2.18. The number of hydrogen-bond acceptors (Lipinski definition) is 3. The maximum atomic E-state index is 12.6. The van der Waals surface area contributed by atoms with Crippen LogP contribution in [0.1, 0.15) is 29.0 Å². The fourth-order valence-electron chi connectivity index (χ4n) is 2.95. The number of anilines is 1. The molecule has 0 saturated carbocycles. The molecule has 110 valence electrons. The van der Waals surface area contributed by atoms with E-state index in [2.05, 4.69) is 31.8 Å². The maximum Gasteiger partial charge on any atom is 0.258 e. The van der Waals surface area contributed by atoms with Crippen LogP contribution >= 0.6 is 0 Å². The zero-order valence-electron chi connectivity index (χ0n) is 12.1. The summed E-state index contributed by atoms with van der Waals surface area (Å²) < 4.78 is 2.11. The number of nitrogens with zero attached hydrogens (tertiary/aromatic N) is 3. The Morgan fingerprint density at radius 3 is 3.18 bits per heavy atom. The Bertz CT molecular complexity index is 833. The van der Waals surface area contributed by atoms with Crippen LogP contribution < -0.4 is 5.32 Å². The van der Waals surface area contributed by atoms with Crippen molar-refractivity contribution in [3.05, 3.63) is 54.4 Å². The van der Waals surface area contributed by atoms with Crippen LogP contribution in [0.3, 0.4) is 0 Å². The minimum Gasteiger partial charge on any atom is -0.364 e. The van der Waals surface area contributed by atoms with E-state index in [1.807, 2.05) is 12.3 Å². The molecule has 6 heteroatoms. The molecule has 0 fully saturated rings. The predicted molar refractivity (Wildman–Crippen MR) is 82.6 cm³/mol. The van der Waals surface area contributed by atoms with Crippen LogP contribution in [0.15, 0.2) is 43.1 Å². The molecule has 6 nitrogen and oxygen atoms in total. The highest BCUT2D eigenvalue weighted by Crippen LogP contribution is 2.35. The fourth-order valence-corrected chi connectivity index (χ4v) is 2.95. The van der Waals surface area contributed by atoms with Gasteiger partial charge in [0.05, 0.1) is 23.0 Å². The summed E-state index contributed by atoms with van der Waals surface area (Å²) in [5, 5.41) is 2.87. The van der Waals surface area contributed by atoms with Gasteiger partial charge in [-0.25, -0.2) is 4.98 Å². The number of aromatic nitrogens is 4. The molecule has 1 aliphatic rings. The number of aromatic amines is 1. The number of imidazole rings is 1. The molecule has 1 unspecified atom stereocenters. The van der Waals surface area contributed by atoms with Gasteiger partial charge < -0.3 is 14.9 Å². The highest BCUT2D eigenvalue weighted by atomic mass is 16.1. The first-order chi connectivity index (χ1) is 10.7. The topological polar surface area (TPSA) is 75.6 Å². The molecule has 1 atom stereocenters. The van der Waals surface area contributed by atoms with Crippen molar-refractivity contribution in [2.45, 2.75) is 19.4 Å². The molecule has 1 aliphatic heterocycles. The zero-order chi connectivity index (χ0) is 15.1. The van der Waals surface area contributed by atoms with Crippen LogP contribution in [-0.2, 0) is 6.42 Å². The third kappa shape index (κ3) is 1.92. The molecule has 3 aromatic heterocycles. The summed E-state index contributed by atoms with van der Waals surface area (Å²) in [4.78, 5) is 24.2. The van der Waals surface area contributed by atoms with E-state index in [0.717, 1.165) is 23.5 Å². The Balaban J connectivity index is 1.73. The highest BCUT2D eigenvalue weighted by Gasteiger charge is 2.28. The molecule has 0 aliphatic carbocycles. The number of fused-ring (bicyclic) bond motifs is 3. The summed E-state index contributed by atoms with van der Waals surface area (Å²) >= 11 is 0. The number of rotatable bonds is 2. The van der Waals surface area contributed by atoms with Gasteiger partial charge in [0.2, 0.25) is 0 Å². The average Bonchev–Trinajstić information content (AvgIpc) is 3.14. The summed E-state index contributed by atoms with van der Waals surface area (Å²) in [5.41, 5.74) is 3.24. The van der Waals surface area contributed by atoms with Crippen LogP contribution in [0, 0.1) is 0 Å². The van der Waals surface area contributed by atoms with Crippen molar-refractivity contribution in [1.82, 2.24) is 19.5 Å². The SMILES string of the molecule is CC1Cc2[nH]cc(C(=O)Nc3cccnc3)c2-c2nccn21. The monoisotopic (exact) mass is 293 g/mol. The number of amides is 1. The van der Waals surface area contributed by atoms with E-state index in [-0.39, 0.29) is 5.91 Å². The van der Waals surface area contributed by atoms with Crippen molar-refractivity contribution in [2.75, 3.05) is 5.32 Å². The van der Waals surface area contributed by atoms with Gasteiger partial charge in [-0.05, 0) is 19.1 Å². The lowest BCUT2D eigenvalue weighted by molar-refractivity contribution is 0.102. The van der Waals surface area contributed by atoms with Crippen molar-refractivity contribution < 1.29 is 4.79 Å². The summed E-state index contributed by atoms with van der Waals surface area (Å²) in [5.74, 6) is 0.681. The van der Waals surface area contributed by atoms with Gasteiger partial charge in [-0.15, -0.1) is 0 Å². The number of carbonyl (C=O) groups is 1. The molecule has 4 rings (SSSR count). The van der Waals surface area contributed by atoms with Gasteiger partial charge in [-0.2, -0.15) is 0 Å². The number of carbonyl (C=O) groups excluding carboxylic acids is 1. The molecule has 22 heavy (non-hydrogen) atoms. The largest absolute Gasteiger partial charge is 0.364 e. The maximum absolute atomic E-state index is 12.6.